The largest absolute Gasteiger partial charge is 0.340 e. The van der Waals surface area contributed by atoms with E-state index in [9.17, 15) is 9.59 Å². The Hall–Kier alpha value is -1.36. The maximum atomic E-state index is 12.8. The standard InChI is InChI=1S/C15H20N2O2S/c1-9-6-7-20-12(9)8-17-10(2)13(18)16-15(3,14(17)19)11-4-5-11/h6-7,10-11H,4-5,8H2,1-3H3,(H,16,18). The molecule has 2 atom stereocenters. The van der Waals surface area contributed by atoms with Crippen molar-refractivity contribution in [2.75, 3.05) is 0 Å². The molecule has 2 heterocycles. The van der Waals surface area contributed by atoms with Crippen molar-refractivity contribution in [2.45, 2.75) is 51.7 Å². The fourth-order valence-electron chi connectivity index (χ4n) is 2.90. The molecule has 1 N–H and O–H groups in total. The van der Waals surface area contributed by atoms with Gasteiger partial charge in [-0.1, -0.05) is 0 Å². The van der Waals surface area contributed by atoms with E-state index in [4.69, 9.17) is 0 Å². The van der Waals surface area contributed by atoms with E-state index in [1.165, 1.54) is 5.56 Å². The Morgan fingerprint density at radius 2 is 2.15 bits per heavy atom. The molecular weight excluding hydrogens is 272 g/mol. The molecule has 0 bridgehead atoms. The van der Waals surface area contributed by atoms with Crippen LogP contribution in [-0.2, 0) is 16.1 Å². The third kappa shape index (κ3) is 2.04. The molecule has 1 aromatic rings. The fraction of sp³-hybridized carbons (Fsp3) is 0.600. The summed E-state index contributed by atoms with van der Waals surface area (Å²) in [6, 6.07) is 1.66. The molecule has 5 heteroatoms. The predicted molar refractivity (Wildman–Crippen MR) is 78.3 cm³/mol. The van der Waals surface area contributed by atoms with Crippen molar-refractivity contribution in [3.8, 4) is 0 Å². The summed E-state index contributed by atoms with van der Waals surface area (Å²) in [6.45, 7) is 6.28. The van der Waals surface area contributed by atoms with Gasteiger partial charge in [-0.15, -0.1) is 11.3 Å². The van der Waals surface area contributed by atoms with Crippen LogP contribution in [0.3, 0.4) is 0 Å². The maximum Gasteiger partial charge on any atom is 0.249 e. The summed E-state index contributed by atoms with van der Waals surface area (Å²) in [7, 11) is 0. The van der Waals surface area contributed by atoms with E-state index in [0.717, 1.165) is 17.7 Å². The maximum absolute atomic E-state index is 12.8. The first-order valence-electron chi connectivity index (χ1n) is 7.09. The molecule has 2 aliphatic rings. The summed E-state index contributed by atoms with van der Waals surface area (Å²) in [5.41, 5.74) is 0.489. The number of aryl methyl sites for hydroxylation is 1. The minimum atomic E-state index is -0.700. The highest BCUT2D eigenvalue weighted by molar-refractivity contribution is 7.10. The monoisotopic (exact) mass is 292 g/mol. The van der Waals surface area contributed by atoms with E-state index in [2.05, 4.69) is 11.4 Å². The molecule has 1 saturated carbocycles. The lowest BCUT2D eigenvalue weighted by Crippen LogP contribution is -2.69. The fourth-order valence-corrected chi connectivity index (χ4v) is 3.80. The van der Waals surface area contributed by atoms with Crippen LogP contribution in [-0.4, -0.2) is 28.3 Å². The van der Waals surface area contributed by atoms with Gasteiger partial charge in [-0.05, 0) is 56.5 Å². The Kier molecular flexibility index (Phi) is 3.12. The number of rotatable bonds is 3. The molecule has 1 aromatic heterocycles. The van der Waals surface area contributed by atoms with Crippen LogP contribution in [0.25, 0.3) is 0 Å². The van der Waals surface area contributed by atoms with E-state index in [1.807, 2.05) is 26.2 Å². The number of thiophene rings is 1. The third-order valence-corrected chi connectivity index (χ3v) is 5.62. The minimum Gasteiger partial charge on any atom is -0.340 e. The molecule has 2 fully saturated rings. The molecule has 3 rings (SSSR count). The first-order valence-corrected chi connectivity index (χ1v) is 7.97. The Labute approximate surface area is 123 Å². The zero-order valence-corrected chi connectivity index (χ0v) is 12.9. The molecule has 2 unspecified atom stereocenters. The number of nitrogens with one attached hydrogen (secondary N) is 1. The van der Waals surface area contributed by atoms with Crippen LogP contribution >= 0.6 is 11.3 Å². The van der Waals surface area contributed by atoms with Crippen LogP contribution in [0, 0.1) is 12.8 Å². The second kappa shape index (κ2) is 4.58. The third-order valence-electron chi connectivity index (χ3n) is 4.61. The van der Waals surface area contributed by atoms with Gasteiger partial charge in [0.2, 0.25) is 11.8 Å². The molecule has 1 aliphatic carbocycles. The van der Waals surface area contributed by atoms with Crippen LogP contribution in [0.2, 0.25) is 0 Å². The average Bonchev–Trinajstić information content (AvgIpc) is 3.18. The highest BCUT2D eigenvalue weighted by atomic mass is 32.1. The van der Waals surface area contributed by atoms with Gasteiger partial charge in [-0.2, -0.15) is 0 Å². The van der Waals surface area contributed by atoms with Crippen molar-refractivity contribution in [3.05, 3.63) is 21.9 Å². The lowest BCUT2D eigenvalue weighted by atomic mass is 9.89. The molecule has 0 radical (unpaired) electrons. The van der Waals surface area contributed by atoms with Crippen LogP contribution in [0.1, 0.15) is 37.1 Å². The highest BCUT2D eigenvalue weighted by Gasteiger charge is 2.54. The van der Waals surface area contributed by atoms with E-state index in [1.54, 1.807) is 16.2 Å². The second-order valence-electron chi connectivity index (χ2n) is 6.10. The van der Waals surface area contributed by atoms with Crippen LogP contribution in [0.5, 0.6) is 0 Å². The second-order valence-corrected chi connectivity index (χ2v) is 7.10. The molecule has 4 nitrogen and oxygen atoms in total. The van der Waals surface area contributed by atoms with E-state index < -0.39 is 11.6 Å². The van der Waals surface area contributed by atoms with Crippen molar-refractivity contribution in [2.24, 2.45) is 5.92 Å². The SMILES string of the molecule is Cc1ccsc1CN1C(=O)C(C)(C2CC2)NC(=O)C1C. The molecule has 20 heavy (non-hydrogen) atoms. The number of hydrogen-bond donors (Lipinski definition) is 1. The van der Waals surface area contributed by atoms with Crippen molar-refractivity contribution < 1.29 is 9.59 Å². The smallest absolute Gasteiger partial charge is 0.249 e. The van der Waals surface area contributed by atoms with E-state index in [-0.39, 0.29) is 11.8 Å². The summed E-state index contributed by atoms with van der Waals surface area (Å²) in [5, 5.41) is 4.98. The van der Waals surface area contributed by atoms with Crippen molar-refractivity contribution in [1.82, 2.24) is 10.2 Å². The summed E-state index contributed by atoms with van der Waals surface area (Å²) in [5.74, 6) is 0.339. The number of piperazine rings is 1. The number of carbonyl (C=O) groups is 2. The number of hydrogen-bond acceptors (Lipinski definition) is 3. The van der Waals surface area contributed by atoms with Crippen LogP contribution in [0.4, 0.5) is 0 Å². The number of amides is 2. The number of nitrogens with zero attached hydrogens (tertiary/aromatic N) is 1. The van der Waals surface area contributed by atoms with Crippen molar-refractivity contribution in [3.63, 3.8) is 0 Å². The van der Waals surface area contributed by atoms with Gasteiger partial charge < -0.3 is 10.2 Å². The Bertz CT molecular complexity index is 564. The summed E-state index contributed by atoms with van der Waals surface area (Å²) >= 11 is 1.65. The van der Waals surface area contributed by atoms with Crippen molar-refractivity contribution in [1.29, 1.82) is 0 Å². The van der Waals surface area contributed by atoms with E-state index in [0.29, 0.717) is 12.5 Å². The molecular formula is C15H20N2O2S. The first-order chi connectivity index (χ1) is 9.43. The van der Waals surface area contributed by atoms with Crippen LogP contribution in [0.15, 0.2) is 11.4 Å². The van der Waals surface area contributed by atoms with Gasteiger partial charge >= 0.3 is 0 Å². The number of carbonyl (C=O) groups excluding carboxylic acids is 2. The molecule has 2 amide bonds. The lowest BCUT2D eigenvalue weighted by molar-refractivity contribution is -0.155. The zero-order valence-electron chi connectivity index (χ0n) is 12.1. The molecule has 1 saturated heterocycles. The normalized spacial score (nSPS) is 30.6. The minimum absolute atomic E-state index is 0.0341. The summed E-state index contributed by atoms with van der Waals surface area (Å²) in [4.78, 5) is 28.0. The highest BCUT2D eigenvalue weighted by Crippen LogP contribution is 2.42. The first kappa shape index (κ1) is 13.6. The van der Waals surface area contributed by atoms with Gasteiger partial charge in [0.05, 0.1) is 6.54 Å². The van der Waals surface area contributed by atoms with Crippen molar-refractivity contribution >= 4 is 23.2 Å². The summed E-state index contributed by atoms with van der Waals surface area (Å²) in [6.07, 6.45) is 2.06. The molecule has 0 spiro atoms. The Morgan fingerprint density at radius 1 is 1.45 bits per heavy atom. The Morgan fingerprint density at radius 3 is 2.70 bits per heavy atom. The molecule has 108 valence electrons. The van der Waals surface area contributed by atoms with Gasteiger partial charge in [0.1, 0.15) is 11.6 Å². The average molecular weight is 292 g/mol. The van der Waals surface area contributed by atoms with Gasteiger partial charge in [0.15, 0.2) is 0 Å². The zero-order chi connectivity index (χ0) is 14.5. The van der Waals surface area contributed by atoms with Gasteiger partial charge in [-0.3, -0.25) is 9.59 Å². The lowest BCUT2D eigenvalue weighted by Gasteiger charge is -2.43. The predicted octanol–water partition coefficient (Wildman–Crippen LogP) is 2.07. The molecule has 0 aromatic carbocycles. The van der Waals surface area contributed by atoms with E-state index >= 15 is 0 Å². The van der Waals surface area contributed by atoms with Gasteiger partial charge in [-0.25, -0.2) is 0 Å². The van der Waals surface area contributed by atoms with Crippen LogP contribution < -0.4 is 5.32 Å². The quantitative estimate of drug-likeness (QED) is 0.927. The Balaban J connectivity index is 1.89. The van der Waals surface area contributed by atoms with Gasteiger partial charge in [0.25, 0.3) is 0 Å². The molecule has 1 aliphatic heterocycles. The van der Waals surface area contributed by atoms with Gasteiger partial charge in [0, 0.05) is 4.88 Å². The topological polar surface area (TPSA) is 49.4 Å². The summed E-state index contributed by atoms with van der Waals surface area (Å²) < 4.78 is 0.